The van der Waals surface area contributed by atoms with Gasteiger partial charge in [-0.15, -0.1) is 5.10 Å². The molecule has 98 valence electrons. The highest BCUT2D eigenvalue weighted by molar-refractivity contribution is 7.89. The lowest BCUT2D eigenvalue weighted by Gasteiger charge is -2.30. The van der Waals surface area contributed by atoms with Gasteiger partial charge >= 0.3 is 0 Å². The van der Waals surface area contributed by atoms with Crippen LogP contribution in [0.2, 0.25) is 0 Å². The molecule has 7 nitrogen and oxygen atoms in total. The van der Waals surface area contributed by atoms with Crippen LogP contribution in [-0.2, 0) is 17.1 Å². The van der Waals surface area contributed by atoms with Crippen LogP contribution in [0.3, 0.4) is 0 Å². The normalized spacial score (nSPS) is 12.9. The molecule has 8 heteroatoms. The first-order valence-corrected chi connectivity index (χ1v) is 6.98. The zero-order valence-corrected chi connectivity index (χ0v) is 11.2. The third-order valence-corrected chi connectivity index (χ3v) is 4.67. The monoisotopic (exact) mass is 261 g/mol. The van der Waals surface area contributed by atoms with E-state index in [1.807, 2.05) is 13.8 Å². The summed E-state index contributed by atoms with van der Waals surface area (Å²) in [5.74, 6) is 0. The summed E-state index contributed by atoms with van der Waals surface area (Å²) in [6.07, 6.45) is 2.48. The van der Waals surface area contributed by atoms with Crippen molar-refractivity contribution in [2.24, 2.45) is 12.8 Å². The predicted molar refractivity (Wildman–Crippen MR) is 63.7 cm³/mol. The van der Waals surface area contributed by atoms with Gasteiger partial charge in [0.25, 0.3) is 10.0 Å². The van der Waals surface area contributed by atoms with Crippen LogP contribution in [-0.4, -0.2) is 35.5 Å². The van der Waals surface area contributed by atoms with Crippen LogP contribution in [0.4, 0.5) is 0 Å². The fraction of sp³-hybridized carbons (Fsp3) is 0.778. The first-order valence-electron chi connectivity index (χ1n) is 5.49. The number of sulfonamides is 1. The highest BCUT2D eigenvalue weighted by Crippen LogP contribution is 2.17. The van der Waals surface area contributed by atoms with Crippen molar-refractivity contribution in [2.75, 3.05) is 6.54 Å². The maximum absolute atomic E-state index is 12.1. The van der Waals surface area contributed by atoms with Gasteiger partial charge in [0, 0.05) is 19.1 Å². The third kappa shape index (κ3) is 2.82. The minimum atomic E-state index is -3.63. The Kier molecular flexibility index (Phi) is 4.23. The molecule has 0 aliphatic rings. The fourth-order valence-corrected chi connectivity index (χ4v) is 3.20. The van der Waals surface area contributed by atoms with Gasteiger partial charge in [0.05, 0.1) is 6.20 Å². The summed E-state index contributed by atoms with van der Waals surface area (Å²) < 4.78 is 28.1. The minimum absolute atomic E-state index is 0.0391. The summed E-state index contributed by atoms with van der Waals surface area (Å²) in [4.78, 5) is 0. The van der Waals surface area contributed by atoms with E-state index in [1.54, 1.807) is 0 Å². The lowest BCUT2D eigenvalue weighted by molar-refractivity contribution is 0.362. The number of nitrogens with two attached hydrogens (primary N) is 1. The van der Waals surface area contributed by atoms with Gasteiger partial charge in [0.15, 0.2) is 5.03 Å². The van der Waals surface area contributed by atoms with Gasteiger partial charge in [0.2, 0.25) is 0 Å². The number of nitrogens with one attached hydrogen (secondary N) is 1. The predicted octanol–water partition coefficient (Wildman–Crippen LogP) is -0.389. The summed E-state index contributed by atoms with van der Waals surface area (Å²) in [7, 11) is -2.10. The second-order valence-corrected chi connectivity index (χ2v) is 5.62. The molecule has 1 rings (SSSR count). The highest BCUT2D eigenvalue weighted by Gasteiger charge is 2.32. The Hall–Kier alpha value is -0.990. The van der Waals surface area contributed by atoms with E-state index in [0.29, 0.717) is 12.8 Å². The maximum atomic E-state index is 12.1. The van der Waals surface area contributed by atoms with Crippen molar-refractivity contribution in [3.05, 3.63) is 6.20 Å². The van der Waals surface area contributed by atoms with E-state index in [9.17, 15) is 8.42 Å². The van der Waals surface area contributed by atoms with E-state index in [0.717, 1.165) is 0 Å². The van der Waals surface area contributed by atoms with Crippen molar-refractivity contribution < 1.29 is 8.42 Å². The van der Waals surface area contributed by atoms with Gasteiger partial charge in [-0.05, 0) is 12.8 Å². The largest absolute Gasteiger partial charge is 0.329 e. The Labute approximate surface area is 101 Å². The van der Waals surface area contributed by atoms with Crippen molar-refractivity contribution in [3.8, 4) is 0 Å². The summed E-state index contributed by atoms with van der Waals surface area (Å²) in [5, 5.41) is 7.20. The van der Waals surface area contributed by atoms with E-state index in [1.165, 1.54) is 17.9 Å². The molecule has 0 saturated carbocycles. The summed E-state index contributed by atoms with van der Waals surface area (Å²) in [6.45, 7) is 4.06. The van der Waals surface area contributed by atoms with Crippen LogP contribution in [0.15, 0.2) is 11.2 Å². The number of hydrogen-bond acceptors (Lipinski definition) is 5. The van der Waals surface area contributed by atoms with Crippen molar-refractivity contribution in [1.82, 2.24) is 19.7 Å². The molecule has 1 heterocycles. The summed E-state index contributed by atoms with van der Waals surface area (Å²) in [6, 6.07) is 0. The van der Waals surface area contributed by atoms with Crippen molar-refractivity contribution in [2.45, 2.75) is 37.3 Å². The number of hydrogen-bond donors (Lipinski definition) is 2. The van der Waals surface area contributed by atoms with Crippen LogP contribution >= 0.6 is 0 Å². The molecule has 0 atom stereocenters. The molecule has 0 aliphatic carbocycles. The van der Waals surface area contributed by atoms with Crippen LogP contribution in [0.5, 0.6) is 0 Å². The summed E-state index contributed by atoms with van der Waals surface area (Å²) in [5.41, 5.74) is 5.05. The van der Waals surface area contributed by atoms with Gasteiger partial charge in [-0.1, -0.05) is 19.1 Å². The average Bonchev–Trinajstić information content (AvgIpc) is 2.73. The molecule has 0 spiro atoms. The number of nitrogens with zero attached hydrogens (tertiary/aromatic N) is 3. The van der Waals surface area contributed by atoms with Gasteiger partial charge in [-0.3, -0.25) is 0 Å². The molecular weight excluding hydrogens is 242 g/mol. The molecule has 0 amide bonds. The highest BCUT2D eigenvalue weighted by atomic mass is 32.2. The van der Waals surface area contributed by atoms with E-state index in [-0.39, 0.29) is 11.6 Å². The van der Waals surface area contributed by atoms with Gasteiger partial charge in [-0.25, -0.2) is 17.8 Å². The SMILES string of the molecule is CCC(CC)(CN)NS(=O)(=O)c1cnnn1C. The van der Waals surface area contributed by atoms with Gasteiger partial charge in [-0.2, -0.15) is 0 Å². The minimum Gasteiger partial charge on any atom is -0.329 e. The third-order valence-electron chi connectivity index (χ3n) is 3.04. The molecule has 0 saturated heterocycles. The van der Waals surface area contributed by atoms with Crippen LogP contribution in [0, 0.1) is 0 Å². The second kappa shape index (κ2) is 5.11. The number of aromatic nitrogens is 3. The molecule has 0 bridgehead atoms. The molecule has 17 heavy (non-hydrogen) atoms. The van der Waals surface area contributed by atoms with E-state index in [4.69, 9.17) is 5.73 Å². The maximum Gasteiger partial charge on any atom is 0.259 e. The molecule has 0 fully saturated rings. The van der Waals surface area contributed by atoms with Crippen molar-refractivity contribution >= 4 is 10.0 Å². The Balaban J connectivity index is 3.05. The quantitative estimate of drug-likeness (QED) is 0.726. The first-order chi connectivity index (χ1) is 7.90. The Morgan fingerprint density at radius 1 is 1.47 bits per heavy atom. The Morgan fingerprint density at radius 3 is 2.41 bits per heavy atom. The molecule has 3 N–H and O–H groups in total. The Morgan fingerprint density at radius 2 is 2.06 bits per heavy atom. The van der Waals surface area contributed by atoms with E-state index in [2.05, 4.69) is 15.0 Å². The smallest absolute Gasteiger partial charge is 0.259 e. The molecule has 1 aromatic rings. The zero-order chi connectivity index (χ0) is 13.1. The lowest BCUT2D eigenvalue weighted by atomic mass is 9.95. The Bertz CT molecular complexity index is 455. The molecule has 0 aromatic carbocycles. The lowest BCUT2D eigenvalue weighted by Crippen LogP contribution is -2.52. The molecule has 1 aromatic heterocycles. The number of aryl methyl sites for hydroxylation is 1. The topological polar surface area (TPSA) is 103 Å². The molecule has 0 radical (unpaired) electrons. The zero-order valence-electron chi connectivity index (χ0n) is 10.3. The van der Waals surface area contributed by atoms with Gasteiger partial charge in [0.1, 0.15) is 0 Å². The van der Waals surface area contributed by atoms with Crippen LogP contribution < -0.4 is 10.5 Å². The first kappa shape index (κ1) is 14.1. The standard InChI is InChI=1S/C9H19N5O2S/c1-4-9(5-2,7-10)12-17(15,16)8-6-11-13-14(8)3/h6,12H,4-5,7,10H2,1-3H3. The van der Waals surface area contributed by atoms with E-state index < -0.39 is 15.6 Å². The van der Waals surface area contributed by atoms with Gasteiger partial charge < -0.3 is 5.73 Å². The van der Waals surface area contributed by atoms with Crippen molar-refractivity contribution in [3.63, 3.8) is 0 Å². The van der Waals surface area contributed by atoms with E-state index >= 15 is 0 Å². The molecule has 0 unspecified atom stereocenters. The molecular formula is C9H19N5O2S. The summed E-state index contributed by atoms with van der Waals surface area (Å²) >= 11 is 0. The molecule has 0 aliphatic heterocycles. The number of rotatable bonds is 6. The van der Waals surface area contributed by atoms with Crippen molar-refractivity contribution in [1.29, 1.82) is 0 Å². The van der Waals surface area contributed by atoms with Crippen LogP contribution in [0.1, 0.15) is 26.7 Å². The van der Waals surface area contributed by atoms with Crippen LogP contribution in [0.25, 0.3) is 0 Å². The second-order valence-electron chi connectivity index (χ2n) is 3.99. The average molecular weight is 261 g/mol. The fourth-order valence-electron chi connectivity index (χ4n) is 1.59.